The van der Waals surface area contributed by atoms with Gasteiger partial charge in [0.2, 0.25) is 0 Å². The maximum absolute atomic E-state index is 12.1. The molecule has 1 aliphatic rings. The van der Waals surface area contributed by atoms with E-state index < -0.39 is 0 Å². The van der Waals surface area contributed by atoms with Crippen molar-refractivity contribution in [3.05, 3.63) is 65.2 Å². The second kappa shape index (κ2) is 6.06. The third kappa shape index (κ3) is 3.03. The van der Waals surface area contributed by atoms with Crippen molar-refractivity contribution >= 4 is 17.5 Å². The quantitative estimate of drug-likeness (QED) is 0.693. The first-order valence-corrected chi connectivity index (χ1v) is 7.49. The third-order valence-corrected chi connectivity index (χ3v) is 4.01. The number of rotatable bonds is 3. The number of aromatic hydroxyl groups is 1. The van der Waals surface area contributed by atoms with Crippen molar-refractivity contribution in [2.45, 2.75) is 12.8 Å². The van der Waals surface area contributed by atoms with Gasteiger partial charge in [-0.05, 0) is 54.3 Å². The molecule has 0 aliphatic carbocycles. The van der Waals surface area contributed by atoms with E-state index in [4.69, 9.17) is 0 Å². The van der Waals surface area contributed by atoms with E-state index in [9.17, 15) is 9.90 Å². The lowest BCUT2D eigenvalue weighted by atomic mass is 9.99. The maximum Gasteiger partial charge on any atom is 0.185 e. The summed E-state index contributed by atoms with van der Waals surface area (Å²) in [5, 5.41) is 9.42. The van der Waals surface area contributed by atoms with Crippen LogP contribution in [-0.2, 0) is 6.42 Å². The Labute approximate surface area is 130 Å². The summed E-state index contributed by atoms with van der Waals surface area (Å²) >= 11 is 0. The molecule has 112 valence electrons. The summed E-state index contributed by atoms with van der Waals surface area (Å²) in [5.74, 6) is 0.00167. The Morgan fingerprint density at radius 3 is 2.91 bits per heavy atom. The second-order valence-corrected chi connectivity index (χ2v) is 5.66. The fourth-order valence-corrected chi connectivity index (χ4v) is 2.84. The average Bonchev–Trinajstić information content (AvgIpc) is 2.53. The van der Waals surface area contributed by atoms with E-state index >= 15 is 0 Å². The molecule has 2 aromatic rings. The van der Waals surface area contributed by atoms with Crippen LogP contribution in [0.4, 0.5) is 5.69 Å². The summed E-state index contributed by atoms with van der Waals surface area (Å²) in [5.41, 5.74) is 4.14. The van der Waals surface area contributed by atoms with Crippen molar-refractivity contribution in [3.8, 4) is 5.75 Å². The van der Waals surface area contributed by atoms with Gasteiger partial charge < -0.3 is 10.0 Å². The maximum atomic E-state index is 12.1. The smallest absolute Gasteiger partial charge is 0.185 e. The van der Waals surface area contributed by atoms with Crippen molar-refractivity contribution in [2.24, 2.45) is 0 Å². The Kier molecular flexibility index (Phi) is 3.96. The molecule has 0 fully saturated rings. The first kappa shape index (κ1) is 14.4. The van der Waals surface area contributed by atoms with Crippen molar-refractivity contribution < 1.29 is 9.90 Å². The van der Waals surface area contributed by atoms with Gasteiger partial charge in [-0.3, -0.25) is 4.79 Å². The van der Waals surface area contributed by atoms with Crippen LogP contribution in [0.2, 0.25) is 0 Å². The molecule has 1 heterocycles. The number of carbonyl (C=O) groups excluding carboxylic acids is 1. The van der Waals surface area contributed by atoms with Crippen LogP contribution in [0.5, 0.6) is 5.75 Å². The van der Waals surface area contributed by atoms with Crippen LogP contribution in [0, 0.1) is 0 Å². The van der Waals surface area contributed by atoms with E-state index in [-0.39, 0.29) is 11.5 Å². The van der Waals surface area contributed by atoms with Gasteiger partial charge in [0.05, 0.1) is 0 Å². The van der Waals surface area contributed by atoms with E-state index in [0.29, 0.717) is 5.56 Å². The Hall–Kier alpha value is -2.55. The summed E-state index contributed by atoms with van der Waals surface area (Å²) in [6.45, 7) is 1.10. The number of fused-ring (bicyclic) bond motifs is 1. The van der Waals surface area contributed by atoms with Crippen molar-refractivity contribution in [1.82, 2.24) is 0 Å². The number of allylic oxidation sites excluding steroid dienone is 1. The Bertz CT molecular complexity index is 734. The lowest BCUT2D eigenvalue weighted by Crippen LogP contribution is -2.24. The number of anilines is 1. The highest BCUT2D eigenvalue weighted by molar-refractivity contribution is 6.07. The highest BCUT2D eigenvalue weighted by Crippen LogP contribution is 2.27. The van der Waals surface area contributed by atoms with Crippen LogP contribution in [-0.4, -0.2) is 24.5 Å². The van der Waals surface area contributed by atoms with Gasteiger partial charge in [0.15, 0.2) is 5.78 Å². The van der Waals surface area contributed by atoms with Crippen LogP contribution in [0.1, 0.15) is 27.9 Å². The van der Waals surface area contributed by atoms with Crippen molar-refractivity contribution in [1.29, 1.82) is 0 Å². The first-order valence-electron chi connectivity index (χ1n) is 7.49. The molecular formula is C19H19NO2. The molecule has 3 nitrogen and oxygen atoms in total. The van der Waals surface area contributed by atoms with Crippen LogP contribution >= 0.6 is 0 Å². The molecule has 0 saturated heterocycles. The molecule has 1 aliphatic heterocycles. The fourth-order valence-electron chi connectivity index (χ4n) is 2.84. The highest BCUT2D eigenvalue weighted by atomic mass is 16.3. The highest BCUT2D eigenvalue weighted by Gasteiger charge is 2.13. The summed E-state index contributed by atoms with van der Waals surface area (Å²) in [6.07, 6.45) is 5.64. The largest absolute Gasteiger partial charge is 0.508 e. The molecule has 2 aromatic carbocycles. The molecule has 0 atom stereocenters. The van der Waals surface area contributed by atoms with Crippen molar-refractivity contribution in [2.75, 3.05) is 18.5 Å². The number of hydrogen-bond acceptors (Lipinski definition) is 3. The van der Waals surface area contributed by atoms with Gasteiger partial charge in [0.1, 0.15) is 5.75 Å². The summed E-state index contributed by atoms with van der Waals surface area (Å²) in [6, 6.07) is 12.7. The van der Waals surface area contributed by atoms with Crippen LogP contribution in [0.25, 0.3) is 6.08 Å². The minimum Gasteiger partial charge on any atom is -0.508 e. The number of ketones is 1. The Balaban J connectivity index is 1.79. The minimum absolute atomic E-state index is 0.106. The van der Waals surface area contributed by atoms with Crippen LogP contribution in [0.15, 0.2) is 48.5 Å². The van der Waals surface area contributed by atoms with Crippen LogP contribution in [0.3, 0.4) is 0 Å². The zero-order valence-corrected chi connectivity index (χ0v) is 12.6. The standard InChI is InChI=1S/C19H19NO2/c1-20-11-3-5-15-12-14(7-9-18(15)20)8-10-19(22)16-4-2-6-17(21)13-16/h2,4,6-10,12-13,21H,3,5,11H2,1H3/b10-8+. The molecule has 0 spiro atoms. The summed E-state index contributed by atoms with van der Waals surface area (Å²) in [7, 11) is 2.11. The van der Waals surface area contributed by atoms with Crippen LogP contribution < -0.4 is 4.90 Å². The molecule has 1 N–H and O–H groups in total. The average molecular weight is 293 g/mol. The molecule has 0 bridgehead atoms. The number of hydrogen-bond donors (Lipinski definition) is 1. The lowest BCUT2D eigenvalue weighted by Gasteiger charge is -2.27. The van der Waals surface area contributed by atoms with E-state index in [1.165, 1.54) is 23.7 Å². The predicted molar refractivity (Wildman–Crippen MR) is 89.5 cm³/mol. The van der Waals surface area contributed by atoms with E-state index in [1.807, 2.05) is 12.1 Å². The molecule has 0 radical (unpaired) electrons. The second-order valence-electron chi connectivity index (χ2n) is 5.66. The van der Waals surface area contributed by atoms with E-state index in [1.54, 1.807) is 24.3 Å². The Morgan fingerprint density at radius 1 is 1.23 bits per heavy atom. The van der Waals surface area contributed by atoms with Crippen molar-refractivity contribution in [3.63, 3.8) is 0 Å². The Morgan fingerprint density at radius 2 is 2.09 bits per heavy atom. The SMILES string of the molecule is CN1CCCc2cc(/C=C/C(=O)c3cccc(O)c3)ccc21. The van der Waals surface area contributed by atoms with Gasteiger partial charge in [0, 0.05) is 24.8 Å². The van der Waals surface area contributed by atoms with Gasteiger partial charge >= 0.3 is 0 Å². The monoisotopic (exact) mass is 293 g/mol. The zero-order chi connectivity index (χ0) is 15.5. The number of benzene rings is 2. The topological polar surface area (TPSA) is 40.5 Å². The number of carbonyl (C=O) groups is 1. The summed E-state index contributed by atoms with van der Waals surface area (Å²) in [4.78, 5) is 14.4. The van der Waals surface area contributed by atoms with Gasteiger partial charge in [-0.15, -0.1) is 0 Å². The lowest BCUT2D eigenvalue weighted by molar-refractivity contribution is 0.104. The molecule has 22 heavy (non-hydrogen) atoms. The molecular weight excluding hydrogens is 274 g/mol. The third-order valence-electron chi connectivity index (χ3n) is 4.01. The van der Waals surface area contributed by atoms with E-state index in [0.717, 1.165) is 18.5 Å². The number of phenolic OH excluding ortho intramolecular Hbond substituents is 1. The number of phenols is 1. The molecule has 0 aromatic heterocycles. The molecule has 0 unspecified atom stereocenters. The molecule has 0 saturated carbocycles. The van der Waals surface area contributed by atoms with Gasteiger partial charge in [-0.1, -0.05) is 24.3 Å². The summed E-state index contributed by atoms with van der Waals surface area (Å²) < 4.78 is 0. The first-order chi connectivity index (χ1) is 10.6. The molecule has 0 amide bonds. The minimum atomic E-state index is -0.106. The zero-order valence-electron chi connectivity index (χ0n) is 12.6. The molecule has 3 rings (SSSR count). The molecule has 3 heteroatoms. The fraction of sp³-hybridized carbons (Fsp3) is 0.211. The number of aryl methyl sites for hydroxylation is 1. The number of nitrogens with zero attached hydrogens (tertiary/aromatic N) is 1. The normalized spacial score (nSPS) is 14.1. The van der Waals surface area contributed by atoms with Gasteiger partial charge in [0.25, 0.3) is 0 Å². The van der Waals surface area contributed by atoms with E-state index in [2.05, 4.69) is 24.1 Å². The van der Waals surface area contributed by atoms with Gasteiger partial charge in [-0.2, -0.15) is 0 Å². The van der Waals surface area contributed by atoms with Gasteiger partial charge in [-0.25, -0.2) is 0 Å². The predicted octanol–water partition coefficient (Wildman–Crippen LogP) is 3.67.